The minimum atomic E-state index is -0.0406. The minimum absolute atomic E-state index is 0.0406. The van der Waals surface area contributed by atoms with Crippen molar-refractivity contribution in [3.05, 3.63) is 56.3 Å². The number of aromatic nitrogens is 4. The van der Waals surface area contributed by atoms with E-state index in [1.165, 1.54) is 0 Å². The molecule has 0 saturated carbocycles. The molecular formula is C16H12Cl2N4O. The normalized spacial score (nSPS) is 15.5. The minimum Gasteiger partial charge on any atom is -0.292 e. The molecule has 0 amide bonds. The van der Waals surface area contributed by atoms with Crippen LogP contribution in [-0.4, -0.2) is 19.3 Å². The van der Waals surface area contributed by atoms with Crippen molar-refractivity contribution < 1.29 is 0 Å². The molecule has 0 fully saturated rings. The smallest absolute Gasteiger partial charge is 0.261 e. The largest absolute Gasteiger partial charge is 0.292 e. The van der Waals surface area contributed by atoms with E-state index in [1.54, 1.807) is 33.6 Å². The summed E-state index contributed by atoms with van der Waals surface area (Å²) in [4.78, 5) is 17.3. The molecule has 0 bridgehead atoms. The molecule has 3 heterocycles. The first-order chi connectivity index (χ1) is 11.0. The maximum absolute atomic E-state index is 12.6. The summed E-state index contributed by atoms with van der Waals surface area (Å²) in [5.41, 5.74) is 2.34. The second-order valence-corrected chi connectivity index (χ2v) is 6.32. The summed E-state index contributed by atoms with van der Waals surface area (Å²) in [7, 11) is 1.83. The average molecular weight is 347 g/mol. The highest BCUT2D eigenvalue weighted by atomic mass is 35.5. The third-order valence-electron chi connectivity index (χ3n) is 4.06. The molecule has 7 heteroatoms. The Morgan fingerprint density at radius 3 is 2.87 bits per heavy atom. The van der Waals surface area contributed by atoms with E-state index in [2.05, 4.69) is 10.1 Å². The molecule has 3 aromatic rings. The van der Waals surface area contributed by atoms with Crippen molar-refractivity contribution in [3.63, 3.8) is 0 Å². The van der Waals surface area contributed by atoms with Crippen LogP contribution in [0.5, 0.6) is 0 Å². The molecule has 2 aromatic heterocycles. The maximum atomic E-state index is 12.6. The maximum Gasteiger partial charge on any atom is 0.261 e. The summed E-state index contributed by atoms with van der Waals surface area (Å²) in [6.07, 6.45) is 4.27. The zero-order valence-electron chi connectivity index (χ0n) is 12.3. The fourth-order valence-electron chi connectivity index (χ4n) is 2.88. The van der Waals surface area contributed by atoms with E-state index < -0.39 is 0 Å². The number of hydrogen-bond acceptors (Lipinski definition) is 3. The monoisotopic (exact) mass is 346 g/mol. The quantitative estimate of drug-likeness (QED) is 0.678. The van der Waals surface area contributed by atoms with E-state index in [4.69, 9.17) is 23.2 Å². The molecule has 0 N–H and O–H groups in total. The van der Waals surface area contributed by atoms with Crippen LogP contribution in [-0.2, 0) is 13.6 Å². The summed E-state index contributed by atoms with van der Waals surface area (Å²) >= 11 is 12.2. The SMILES string of the molecule is Cn1ncc(Cl)c1/C=C1/CCn2c1nc1cc(Cl)ccc1c2=O. The van der Waals surface area contributed by atoms with Gasteiger partial charge in [0.25, 0.3) is 5.56 Å². The van der Waals surface area contributed by atoms with Crippen molar-refractivity contribution in [1.29, 1.82) is 0 Å². The number of fused-ring (bicyclic) bond motifs is 2. The van der Waals surface area contributed by atoms with Crippen LogP contribution in [0.4, 0.5) is 0 Å². The van der Waals surface area contributed by atoms with E-state index in [1.807, 2.05) is 13.1 Å². The summed E-state index contributed by atoms with van der Waals surface area (Å²) in [6.45, 7) is 0.612. The molecule has 0 saturated heterocycles. The Morgan fingerprint density at radius 2 is 2.13 bits per heavy atom. The molecule has 1 aromatic carbocycles. The lowest BCUT2D eigenvalue weighted by Crippen LogP contribution is -2.20. The van der Waals surface area contributed by atoms with Gasteiger partial charge in [0, 0.05) is 18.6 Å². The third kappa shape index (κ3) is 2.28. The predicted octanol–water partition coefficient (Wildman–Crippen LogP) is 3.38. The van der Waals surface area contributed by atoms with E-state index in [9.17, 15) is 4.79 Å². The predicted molar refractivity (Wildman–Crippen MR) is 91.7 cm³/mol. The van der Waals surface area contributed by atoms with Gasteiger partial charge >= 0.3 is 0 Å². The van der Waals surface area contributed by atoms with Crippen molar-refractivity contribution in [2.24, 2.45) is 7.05 Å². The first kappa shape index (κ1) is 14.5. The summed E-state index contributed by atoms with van der Waals surface area (Å²) in [5, 5.41) is 5.84. The number of nitrogens with zero attached hydrogens (tertiary/aromatic N) is 4. The zero-order valence-corrected chi connectivity index (χ0v) is 13.8. The highest BCUT2D eigenvalue weighted by molar-refractivity contribution is 6.32. The van der Waals surface area contributed by atoms with Crippen LogP contribution >= 0.6 is 23.2 Å². The van der Waals surface area contributed by atoms with E-state index in [0.717, 1.165) is 17.7 Å². The number of benzene rings is 1. The lowest BCUT2D eigenvalue weighted by Gasteiger charge is -2.06. The number of hydrogen-bond donors (Lipinski definition) is 0. The summed E-state index contributed by atoms with van der Waals surface area (Å²) in [6, 6.07) is 5.15. The van der Waals surface area contributed by atoms with Crippen LogP contribution in [0.2, 0.25) is 10.0 Å². The van der Waals surface area contributed by atoms with Gasteiger partial charge in [0.1, 0.15) is 5.82 Å². The van der Waals surface area contributed by atoms with Crippen molar-refractivity contribution in [2.75, 3.05) is 0 Å². The lowest BCUT2D eigenvalue weighted by atomic mass is 10.1. The van der Waals surface area contributed by atoms with Gasteiger partial charge in [-0.25, -0.2) is 4.98 Å². The van der Waals surface area contributed by atoms with Gasteiger partial charge in [-0.2, -0.15) is 5.10 Å². The number of aryl methyl sites for hydroxylation is 1. The number of allylic oxidation sites excluding steroid dienone is 1. The first-order valence-corrected chi connectivity index (χ1v) is 7.89. The van der Waals surface area contributed by atoms with Crippen LogP contribution in [0.25, 0.3) is 22.6 Å². The van der Waals surface area contributed by atoms with Crippen LogP contribution in [0.15, 0.2) is 29.2 Å². The van der Waals surface area contributed by atoms with Crippen LogP contribution in [0, 0.1) is 0 Å². The van der Waals surface area contributed by atoms with Gasteiger partial charge in [-0.15, -0.1) is 0 Å². The first-order valence-electron chi connectivity index (χ1n) is 7.13. The molecule has 23 heavy (non-hydrogen) atoms. The Morgan fingerprint density at radius 1 is 1.30 bits per heavy atom. The Hall–Kier alpha value is -2.11. The van der Waals surface area contributed by atoms with Crippen LogP contribution < -0.4 is 5.56 Å². The molecular weight excluding hydrogens is 335 g/mol. The molecule has 4 rings (SSSR count). The molecule has 0 spiro atoms. The Balaban J connectivity index is 1.95. The standard InChI is InChI=1S/C16H12Cl2N4O/c1-21-14(12(18)8-19-21)6-9-4-5-22-15(9)20-13-7-10(17)2-3-11(13)16(22)23/h2-3,6-8H,4-5H2,1H3/b9-6-. The van der Waals surface area contributed by atoms with Crippen LogP contribution in [0.3, 0.4) is 0 Å². The molecule has 0 atom stereocenters. The van der Waals surface area contributed by atoms with Gasteiger partial charge in [0.15, 0.2) is 0 Å². The van der Waals surface area contributed by atoms with E-state index >= 15 is 0 Å². The van der Waals surface area contributed by atoms with Gasteiger partial charge in [-0.3, -0.25) is 14.0 Å². The van der Waals surface area contributed by atoms with Gasteiger partial charge in [-0.05, 0) is 36.3 Å². The van der Waals surface area contributed by atoms with Crippen molar-refractivity contribution >= 4 is 45.8 Å². The second kappa shape index (κ2) is 5.22. The van der Waals surface area contributed by atoms with Crippen molar-refractivity contribution in [3.8, 4) is 0 Å². The third-order valence-corrected chi connectivity index (χ3v) is 4.58. The topological polar surface area (TPSA) is 52.7 Å². The van der Waals surface area contributed by atoms with E-state index in [-0.39, 0.29) is 5.56 Å². The van der Waals surface area contributed by atoms with Gasteiger partial charge < -0.3 is 0 Å². The molecule has 0 radical (unpaired) electrons. The number of rotatable bonds is 1. The molecule has 0 aliphatic carbocycles. The molecule has 1 aliphatic heterocycles. The Kier molecular flexibility index (Phi) is 3.28. The van der Waals surface area contributed by atoms with Gasteiger partial charge in [0.05, 0.1) is 27.8 Å². The molecule has 116 valence electrons. The van der Waals surface area contributed by atoms with E-state index in [0.29, 0.717) is 33.3 Å². The molecule has 5 nitrogen and oxygen atoms in total. The lowest BCUT2D eigenvalue weighted by molar-refractivity contribution is 0.725. The van der Waals surface area contributed by atoms with Gasteiger partial charge in [-0.1, -0.05) is 23.2 Å². The molecule has 0 unspecified atom stereocenters. The fourth-order valence-corrected chi connectivity index (χ4v) is 3.26. The number of halogens is 2. The zero-order chi connectivity index (χ0) is 16.1. The fraction of sp³-hybridized carbons (Fsp3) is 0.188. The highest BCUT2D eigenvalue weighted by Gasteiger charge is 2.21. The molecule has 1 aliphatic rings. The summed E-state index contributed by atoms with van der Waals surface area (Å²) in [5.74, 6) is 0.669. The average Bonchev–Trinajstić information content (AvgIpc) is 3.06. The Bertz CT molecular complexity index is 1010. The Labute approximate surface area is 141 Å². The second-order valence-electron chi connectivity index (χ2n) is 5.47. The van der Waals surface area contributed by atoms with Crippen LogP contribution in [0.1, 0.15) is 17.9 Å². The van der Waals surface area contributed by atoms with Crippen molar-refractivity contribution in [1.82, 2.24) is 19.3 Å². The van der Waals surface area contributed by atoms with Gasteiger partial charge in [0.2, 0.25) is 0 Å². The van der Waals surface area contributed by atoms with Crippen molar-refractivity contribution in [2.45, 2.75) is 13.0 Å². The summed E-state index contributed by atoms with van der Waals surface area (Å²) < 4.78 is 3.40. The highest BCUT2D eigenvalue weighted by Crippen LogP contribution is 2.29.